The number of para-hydroxylation sites is 1. The van der Waals surface area contributed by atoms with Crippen LogP contribution in [0, 0.1) is 20.8 Å². The highest BCUT2D eigenvalue weighted by Crippen LogP contribution is 2.43. The number of anilines is 1. The van der Waals surface area contributed by atoms with Crippen molar-refractivity contribution in [3.05, 3.63) is 137 Å². The molecule has 40 heavy (non-hydrogen) atoms. The van der Waals surface area contributed by atoms with Crippen molar-refractivity contribution in [3.8, 4) is 11.5 Å². The zero-order chi connectivity index (χ0) is 27.6. The normalized spacial score (nSPS) is 16.7. The monoisotopic (exact) mass is 545 g/mol. The van der Waals surface area contributed by atoms with E-state index < -0.39 is 0 Å². The molecule has 200 valence electrons. The number of aromatic nitrogens is 3. The summed E-state index contributed by atoms with van der Waals surface area (Å²) in [5.74, 6) is 1.63. The molecule has 1 N–H and O–H groups in total. The molecule has 0 aliphatic carbocycles. The van der Waals surface area contributed by atoms with Crippen LogP contribution in [0.25, 0.3) is 0 Å². The van der Waals surface area contributed by atoms with Crippen molar-refractivity contribution in [2.45, 2.75) is 39.4 Å². The van der Waals surface area contributed by atoms with Gasteiger partial charge in [0.25, 0.3) is 0 Å². The fourth-order valence-corrected chi connectivity index (χ4v) is 5.81. The molecule has 1 fully saturated rings. The Morgan fingerprint density at radius 1 is 0.900 bits per heavy atom. The number of nitrogens with zero attached hydrogens (tertiary/aromatic N) is 4. The molecule has 0 bridgehead atoms. The molecule has 7 heteroatoms. The van der Waals surface area contributed by atoms with Crippen molar-refractivity contribution in [2.24, 2.45) is 0 Å². The van der Waals surface area contributed by atoms with Crippen molar-refractivity contribution in [1.29, 1.82) is 0 Å². The average molecular weight is 546 g/mol. The summed E-state index contributed by atoms with van der Waals surface area (Å²) in [6.45, 7) is 7.15. The van der Waals surface area contributed by atoms with Gasteiger partial charge in [0.1, 0.15) is 11.5 Å². The minimum absolute atomic E-state index is 0.0839. The van der Waals surface area contributed by atoms with Crippen LogP contribution >= 0.6 is 12.2 Å². The highest BCUT2D eigenvalue weighted by Gasteiger charge is 2.42. The Kier molecular flexibility index (Phi) is 7.05. The molecule has 2 atom stereocenters. The number of nitrogens with one attached hydrogen (secondary N) is 1. The maximum atomic E-state index is 6.16. The third kappa shape index (κ3) is 4.96. The van der Waals surface area contributed by atoms with Crippen molar-refractivity contribution >= 4 is 23.0 Å². The van der Waals surface area contributed by atoms with E-state index in [2.05, 4.69) is 63.9 Å². The van der Waals surface area contributed by atoms with E-state index in [9.17, 15) is 0 Å². The smallest absolute Gasteiger partial charge is 0.174 e. The first-order chi connectivity index (χ1) is 19.5. The third-order valence-corrected chi connectivity index (χ3v) is 7.84. The van der Waals surface area contributed by atoms with Crippen LogP contribution in [0.1, 0.15) is 45.9 Å². The highest BCUT2D eigenvalue weighted by molar-refractivity contribution is 7.80. The van der Waals surface area contributed by atoms with Crippen LogP contribution in [-0.2, 0) is 6.54 Å². The summed E-state index contributed by atoms with van der Waals surface area (Å²) in [7, 11) is 0. The molecule has 1 aliphatic heterocycles. The molecule has 2 aromatic carbocycles. The quantitative estimate of drug-likeness (QED) is 0.218. The maximum Gasteiger partial charge on any atom is 0.174 e. The second-order valence-corrected chi connectivity index (χ2v) is 10.5. The lowest BCUT2D eigenvalue weighted by Crippen LogP contribution is -2.29. The number of aryl methyl sites for hydroxylation is 2. The zero-order valence-corrected chi connectivity index (χ0v) is 23.6. The molecule has 0 amide bonds. The first-order valence-corrected chi connectivity index (χ1v) is 13.8. The number of hydrogen-bond acceptors (Lipinski definition) is 4. The first kappa shape index (κ1) is 25.8. The molecule has 1 saturated heterocycles. The molecule has 4 heterocycles. The van der Waals surface area contributed by atoms with Gasteiger partial charge < -0.3 is 19.5 Å². The largest absolute Gasteiger partial charge is 0.457 e. The van der Waals surface area contributed by atoms with E-state index in [1.54, 1.807) is 0 Å². The van der Waals surface area contributed by atoms with Gasteiger partial charge in [0.2, 0.25) is 0 Å². The fourth-order valence-electron chi connectivity index (χ4n) is 5.47. The highest BCUT2D eigenvalue weighted by atomic mass is 32.1. The summed E-state index contributed by atoms with van der Waals surface area (Å²) in [6.07, 6.45) is 5.57. The summed E-state index contributed by atoms with van der Waals surface area (Å²) < 4.78 is 8.51. The minimum atomic E-state index is -0.107. The second kappa shape index (κ2) is 10.9. The average Bonchev–Trinajstić information content (AvgIpc) is 3.46. The molecule has 1 aliphatic rings. The second-order valence-electron chi connectivity index (χ2n) is 10.1. The summed E-state index contributed by atoms with van der Waals surface area (Å²) in [5, 5.41) is 4.25. The molecule has 0 unspecified atom stereocenters. The van der Waals surface area contributed by atoms with Gasteiger partial charge in [0.15, 0.2) is 5.11 Å². The van der Waals surface area contributed by atoms with E-state index in [1.807, 2.05) is 80.1 Å². The van der Waals surface area contributed by atoms with Gasteiger partial charge in [0, 0.05) is 42.2 Å². The Bertz CT molecular complexity index is 1630. The van der Waals surface area contributed by atoms with Gasteiger partial charge in [-0.1, -0.05) is 30.3 Å². The Balaban J connectivity index is 1.38. The van der Waals surface area contributed by atoms with E-state index in [1.165, 1.54) is 22.5 Å². The number of rotatable bonds is 7. The van der Waals surface area contributed by atoms with Crippen molar-refractivity contribution in [3.63, 3.8) is 0 Å². The number of hydrogen-bond donors (Lipinski definition) is 1. The van der Waals surface area contributed by atoms with Gasteiger partial charge in [-0.15, -0.1) is 0 Å². The van der Waals surface area contributed by atoms with Gasteiger partial charge in [-0.2, -0.15) is 0 Å². The van der Waals surface area contributed by atoms with E-state index >= 15 is 0 Å². The number of pyridine rings is 2. The van der Waals surface area contributed by atoms with Crippen LogP contribution < -0.4 is 15.0 Å². The van der Waals surface area contributed by atoms with Gasteiger partial charge in [-0.05, 0) is 104 Å². The lowest BCUT2D eigenvalue weighted by Gasteiger charge is -2.28. The molecule has 0 radical (unpaired) electrons. The van der Waals surface area contributed by atoms with Gasteiger partial charge in [-0.3, -0.25) is 9.97 Å². The Morgan fingerprint density at radius 2 is 1.70 bits per heavy atom. The van der Waals surface area contributed by atoms with Crippen LogP contribution in [0.3, 0.4) is 0 Å². The van der Waals surface area contributed by atoms with Gasteiger partial charge >= 0.3 is 0 Å². The predicted octanol–water partition coefficient (Wildman–Crippen LogP) is 7.22. The van der Waals surface area contributed by atoms with Gasteiger partial charge in [-0.25, -0.2) is 0 Å². The Labute approximate surface area is 240 Å². The summed E-state index contributed by atoms with van der Waals surface area (Å²) in [6, 6.07) is 28.4. The third-order valence-electron chi connectivity index (χ3n) is 7.53. The van der Waals surface area contributed by atoms with Crippen LogP contribution in [0.5, 0.6) is 11.5 Å². The topological polar surface area (TPSA) is 55.2 Å². The van der Waals surface area contributed by atoms with Gasteiger partial charge in [0.05, 0.1) is 17.8 Å². The predicted molar refractivity (Wildman–Crippen MR) is 163 cm³/mol. The van der Waals surface area contributed by atoms with Crippen LogP contribution in [-0.4, -0.2) is 19.6 Å². The lowest BCUT2D eigenvalue weighted by molar-refractivity contribution is 0.479. The van der Waals surface area contributed by atoms with Crippen LogP contribution in [0.2, 0.25) is 0 Å². The minimum Gasteiger partial charge on any atom is -0.457 e. The first-order valence-electron chi connectivity index (χ1n) is 13.4. The van der Waals surface area contributed by atoms with Crippen molar-refractivity contribution in [2.75, 3.05) is 4.90 Å². The van der Waals surface area contributed by atoms with Crippen molar-refractivity contribution in [1.82, 2.24) is 19.9 Å². The van der Waals surface area contributed by atoms with Crippen molar-refractivity contribution < 1.29 is 4.74 Å². The van der Waals surface area contributed by atoms with Crippen LogP contribution in [0.4, 0.5) is 5.69 Å². The molecule has 0 saturated carbocycles. The van der Waals surface area contributed by atoms with E-state index in [4.69, 9.17) is 21.9 Å². The molecular weight excluding hydrogens is 514 g/mol. The SMILES string of the molecule is Cc1ccccc1Oc1ccc(N2C(=S)N[C@H](c3ccccn3)[C@@H]2c2cc(C)n(Cc3cccnc3)c2C)cc1. The number of ether oxygens (including phenoxy) is 1. The molecule has 6 nitrogen and oxygen atoms in total. The van der Waals surface area contributed by atoms with Crippen LogP contribution in [0.15, 0.2) is 104 Å². The van der Waals surface area contributed by atoms with E-state index in [0.29, 0.717) is 5.11 Å². The standard InChI is InChI=1S/C33H31N5OS/c1-22-9-4-5-12-30(22)39-27-15-13-26(14-16-27)38-32(31(36-33(38)40)29-11-6-7-18-35-29)28-19-23(2)37(24(28)3)21-25-10-8-17-34-20-25/h4-20,31-32H,21H2,1-3H3,(H,36,40)/t31-,32+/m1/s1. The molecule has 6 rings (SSSR count). The Morgan fingerprint density at radius 3 is 2.42 bits per heavy atom. The fraction of sp³-hybridized carbons (Fsp3) is 0.182. The molecule has 5 aromatic rings. The van der Waals surface area contributed by atoms with E-state index in [0.717, 1.165) is 35.0 Å². The summed E-state index contributed by atoms with van der Waals surface area (Å²) >= 11 is 5.96. The lowest BCUT2D eigenvalue weighted by atomic mass is 9.96. The molecular formula is C33H31N5OS. The molecule has 0 spiro atoms. The van der Waals surface area contributed by atoms with E-state index in [-0.39, 0.29) is 12.1 Å². The summed E-state index contributed by atoms with van der Waals surface area (Å²) in [5.41, 5.74) is 7.81. The summed E-state index contributed by atoms with van der Waals surface area (Å²) in [4.78, 5) is 11.2. The zero-order valence-electron chi connectivity index (χ0n) is 22.8. The maximum absolute atomic E-state index is 6.16. The molecule has 3 aromatic heterocycles. The number of thiocarbonyl (C=S) groups is 1. The Hall–Kier alpha value is -4.49. The number of benzene rings is 2.